The summed E-state index contributed by atoms with van der Waals surface area (Å²) in [6.45, 7) is -0.810. The summed E-state index contributed by atoms with van der Waals surface area (Å²) in [7, 11) is 0. The van der Waals surface area contributed by atoms with Crippen LogP contribution in [0, 0.1) is 0 Å². The van der Waals surface area contributed by atoms with Gasteiger partial charge >= 0.3 is 11.9 Å². The maximum atomic E-state index is 13.0. The number of nitrogens with two attached hydrogens (primary N) is 1. The summed E-state index contributed by atoms with van der Waals surface area (Å²) in [6, 6.07) is 0.546. The second-order valence-electron chi connectivity index (χ2n) is 7.32. The molecule has 17 heteroatoms. The molecule has 4 rings (SSSR count). The highest BCUT2D eigenvalue weighted by Crippen LogP contribution is 2.41. The molecule has 2 unspecified atom stereocenters. The first kappa shape index (κ1) is 26.1. The van der Waals surface area contributed by atoms with E-state index in [2.05, 4.69) is 42.9 Å². The Morgan fingerprint density at radius 1 is 1.32 bits per heavy atom. The number of hydrogen-bond donors (Lipinski definition) is 5. The Kier molecular flexibility index (Phi) is 7.74. The molecule has 2 aromatic rings. The number of thiazole rings is 1. The average Bonchev–Trinajstić information content (AvgIpc) is 3.30. The molecule has 14 nitrogen and oxygen atoms in total. The van der Waals surface area contributed by atoms with Crippen LogP contribution in [-0.2, 0) is 24.0 Å². The summed E-state index contributed by atoms with van der Waals surface area (Å²) < 4.78 is 0. The van der Waals surface area contributed by atoms with Gasteiger partial charge in [-0.3, -0.25) is 14.5 Å². The lowest BCUT2D eigenvalue weighted by molar-refractivity contribution is -0.150. The number of thioether (sulfide) groups is 1. The Labute approximate surface area is 221 Å². The third kappa shape index (κ3) is 5.57. The lowest BCUT2D eigenvalue weighted by atomic mass is 10.0. The third-order valence-electron chi connectivity index (χ3n) is 4.92. The molecule has 2 aliphatic rings. The second kappa shape index (κ2) is 11.0. The molecule has 0 aliphatic carbocycles. The molecule has 1 fully saturated rings. The Morgan fingerprint density at radius 2 is 2.05 bits per heavy atom. The zero-order chi connectivity index (χ0) is 26.7. The van der Waals surface area contributed by atoms with Gasteiger partial charge in [0.05, 0.1) is 0 Å². The molecule has 0 saturated carbocycles. The van der Waals surface area contributed by atoms with Crippen LogP contribution in [-0.4, -0.2) is 83.3 Å². The molecular formula is C20H17N7O7S3. The van der Waals surface area contributed by atoms with Gasteiger partial charge in [0.2, 0.25) is 6.61 Å². The molecule has 2 aromatic heterocycles. The van der Waals surface area contributed by atoms with Gasteiger partial charge in [-0.15, -0.1) is 35.7 Å². The number of carbonyl (C=O) groups is 4. The number of aliphatic carboxylic acids is 2. The van der Waals surface area contributed by atoms with Crippen LogP contribution in [0.4, 0.5) is 5.13 Å². The van der Waals surface area contributed by atoms with Gasteiger partial charge in [0.25, 0.3) is 11.8 Å². The van der Waals surface area contributed by atoms with Crippen molar-refractivity contribution in [3.05, 3.63) is 52.7 Å². The smallest absolute Gasteiger partial charge is 0.352 e. The molecule has 5 N–H and O–H groups in total. The number of rotatable bonds is 9. The number of fused-ring (bicyclic) bond motifs is 1. The van der Waals surface area contributed by atoms with E-state index in [0.717, 1.165) is 16.2 Å². The van der Waals surface area contributed by atoms with Gasteiger partial charge in [-0.1, -0.05) is 5.16 Å². The topological polar surface area (TPSA) is 210 Å². The predicted molar refractivity (Wildman–Crippen MR) is 135 cm³/mol. The number of carbonyl (C=O) groups excluding carboxylic acids is 2. The molecule has 1 saturated heterocycles. The van der Waals surface area contributed by atoms with Crippen LogP contribution in [0.5, 0.6) is 0 Å². The third-order valence-corrected chi connectivity index (χ3v) is 7.22. The van der Waals surface area contributed by atoms with E-state index in [9.17, 15) is 24.3 Å². The van der Waals surface area contributed by atoms with Crippen LogP contribution in [0.3, 0.4) is 0 Å². The molecule has 0 aromatic carbocycles. The van der Waals surface area contributed by atoms with E-state index in [1.54, 1.807) is 6.07 Å². The predicted octanol–water partition coefficient (Wildman–Crippen LogP) is 0.0301. The minimum atomic E-state index is -1.33. The highest BCUT2D eigenvalue weighted by atomic mass is 32.2. The fraction of sp³-hybridized carbons (Fsp3) is 0.200. The summed E-state index contributed by atoms with van der Waals surface area (Å²) in [5.74, 6) is -3.69. The maximum absolute atomic E-state index is 13.0. The number of carboxylic acids is 2. The Morgan fingerprint density at radius 3 is 2.68 bits per heavy atom. The van der Waals surface area contributed by atoms with E-state index in [1.165, 1.54) is 35.6 Å². The van der Waals surface area contributed by atoms with Crippen LogP contribution >= 0.6 is 35.7 Å². The molecule has 0 bridgehead atoms. The Balaban J connectivity index is 1.55. The lowest BCUT2D eigenvalue weighted by Crippen LogP contribution is -2.71. The molecule has 2 amide bonds. The highest BCUT2D eigenvalue weighted by Gasteiger charge is 2.54. The molecule has 2 atom stereocenters. The van der Waals surface area contributed by atoms with Crippen LogP contribution in [0.15, 0.2) is 46.3 Å². The van der Waals surface area contributed by atoms with Crippen molar-refractivity contribution < 1.29 is 34.2 Å². The number of oxime groups is 1. The van der Waals surface area contributed by atoms with E-state index in [0.29, 0.717) is 10.5 Å². The van der Waals surface area contributed by atoms with E-state index < -0.39 is 41.8 Å². The summed E-state index contributed by atoms with van der Waals surface area (Å²) in [5, 5.41) is 25.5. The van der Waals surface area contributed by atoms with Gasteiger partial charge in [0.1, 0.15) is 22.8 Å². The molecule has 192 valence electrons. The first-order valence-corrected chi connectivity index (χ1v) is 12.6. The van der Waals surface area contributed by atoms with Gasteiger partial charge in [-0.2, -0.15) is 0 Å². The number of aromatic nitrogens is 3. The number of amides is 2. The summed E-state index contributed by atoms with van der Waals surface area (Å²) in [6.07, 6.45) is 4.52. The zero-order valence-electron chi connectivity index (χ0n) is 18.5. The van der Waals surface area contributed by atoms with Crippen LogP contribution in [0.2, 0.25) is 0 Å². The number of carboxylic acid groups (broad SMARTS) is 2. The van der Waals surface area contributed by atoms with Gasteiger partial charge in [-0.05, 0) is 17.7 Å². The second-order valence-corrected chi connectivity index (χ2v) is 9.80. The lowest BCUT2D eigenvalue weighted by Gasteiger charge is -2.49. The largest absolute Gasteiger partial charge is 0.479 e. The van der Waals surface area contributed by atoms with Gasteiger partial charge in [0.15, 0.2) is 16.7 Å². The van der Waals surface area contributed by atoms with Gasteiger partial charge in [0, 0.05) is 28.4 Å². The number of nitrogens with one attached hydrogen (secondary N) is 1. The first-order chi connectivity index (χ1) is 17.7. The fourth-order valence-electron chi connectivity index (χ4n) is 3.38. The van der Waals surface area contributed by atoms with Gasteiger partial charge < -0.3 is 26.1 Å². The molecule has 2 aliphatic heterocycles. The van der Waals surface area contributed by atoms with E-state index in [-0.39, 0.29) is 33.8 Å². The normalized spacial score (nSPS) is 19.7. The first-order valence-electron chi connectivity index (χ1n) is 10.2. The van der Waals surface area contributed by atoms with Crippen molar-refractivity contribution in [3.63, 3.8) is 0 Å². The van der Waals surface area contributed by atoms with Crippen molar-refractivity contribution in [2.75, 3.05) is 18.1 Å². The van der Waals surface area contributed by atoms with E-state index in [1.807, 2.05) is 0 Å². The van der Waals surface area contributed by atoms with Gasteiger partial charge in [-0.25, -0.2) is 24.5 Å². The number of hydrogen-bond acceptors (Lipinski definition) is 13. The number of thiol groups is 1. The number of anilines is 1. The quantitative estimate of drug-likeness (QED) is 0.118. The Hall–Kier alpha value is -3.96. The standard InChI is InChI=1S/C20H17N7O7S3/c21-20-24-9(7-37-20)12(26-34-5-11(28)29)16(30)25-13-17(31)27-14(19(32)33)8(6-36-18(13)27)4-10(35)15-22-2-1-3-23-15/h1-4,7,13,18,35H,5-6H2,(H2,21,24)(H,25,30)(H,28,29)(H,32,33). The number of allylic oxidation sites excluding steroid dienone is 1. The van der Waals surface area contributed by atoms with Crippen molar-refractivity contribution in [1.82, 2.24) is 25.2 Å². The average molecular weight is 564 g/mol. The summed E-state index contributed by atoms with van der Waals surface area (Å²) in [5.41, 5.74) is 5.33. The van der Waals surface area contributed by atoms with E-state index in [4.69, 9.17) is 10.8 Å². The van der Waals surface area contributed by atoms with Crippen molar-refractivity contribution in [3.8, 4) is 0 Å². The minimum absolute atomic E-state index is 0.0216. The highest BCUT2D eigenvalue weighted by molar-refractivity contribution is 8.00. The monoisotopic (exact) mass is 563 g/mol. The van der Waals surface area contributed by atoms with Crippen molar-refractivity contribution in [2.45, 2.75) is 11.4 Å². The SMILES string of the molecule is Nc1nc(C(=NOCC(=O)O)C(=O)NC2C(=O)N3C(C(=O)O)=C(C=C(S)c4ncccn4)CSC23)cs1. The molecule has 37 heavy (non-hydrogen) atoms. The van der Waals surface area contributed by atoms with E-state index >= 15 is 0 Å². The number of nitrogens with zero attached hydrogens (tertiary/aromatic N) is 5. The molecule has 4 heterocycles. The molecular weight excluding hydrogens is 546 g/mol. The summed E-state index contributed by atoms with van der Waals surface area (Å²) in [4.78, 5) is 66.9. The van der Waals surface area contributed by atoms with Crippen molar-refractivity contribution in [2.24, 2.45) is 5.16 Å². The molecule has 0 spiro atoms. The fourth-order valence-corrected chi connectivity index (χ4v) is 5.50. The van der Waals surface area contributed by atoms with Crippen LogP contribution in [0.25, 0.3) is 4.91 Å². The number of β-lactam (4-membered cyclic amide) rings is 1. The number of nitrogen functional groups attached to an aromatic ring is 1. The zero-order valence-corrected chi connectivity index (χ0v) is 21.0. The molecule has 0 radical (unpaired) electrons. The van der Waals surface area contributed by atoms with Crippen LogP contribution in [0.1, 0.15) is 11.5 Å². The maximum Gasteiger partial charge on any atom is 0.352 e. The minimum Gasteiger partial charge on any atom is -0.479 e. The van der Waals surface area contributed by atoms with Crippen molar-refractivity contribution in [1.29, 1.82) is 0 Å². The Bertz CT molecular complexity index is 1360. The van der Waals surface area contributed by atoms with Crippen LogP contribution < -0.4 is 11.1 Å². The van der Waals surface area contributed by atoms with Crippen molar-refractivity contribution >= 4 is 75.2 Å². The summed E-state index contributed by atoms with van der Waals surface area (Å²) >= 11 is 6.61.